The lowest BCUT2D eigenvalue weighted by Crippen LogP contribution is -2.66. The van der Waals surface area contributed by atoms with Crippen molar-refractivity contribution in [2.75, 3.05) is 32.7 Å². The predicted octanol–water partition coefficient (Wildman–Crippen LogP) is 1.72. The predicted molar refractivity (Wildman–Crippen MR) is 125 cm³/mol. The van der Waals surface area contributed by atoms with Crippen LogP contribution in [0.4, 0.5) is 0 Å². The van der Waals surface area contributed by atoms with Gasteiger partial charge in [-0.05, 0) is 24.0 Å². The molecule has 4 fully saturated rings. The van der Waals surface area contributed by atoms with Crippen LogP contribution in [0.1, 0.15) is 36.8 Å². The van der Waals surface area contributed by atoms with E-state index in [0.29, 0.717) is 37.1 Å². The molecule has 2 bridgehead atoms. The van der Waals surface area contributed by atoms with E-state index < -0.39 is 17.2 Å². The Bertz CT molecular complexity index is 990. The van der Waals surface area contributed by atoms with Crippen molar-refractivity contribution < 1.29 is 29.0 Å². The molecule has 0 aromatic heterocycles. The highest BCUT2D eigenvalue weighted by Crippen LogP contribution is 2.38. The Morgan fingerprint density at radius 3 is 2.09 bits per heavy atom. The average Bonchev–Trinajstić information content (AvgIpc) is 3.63. The van der Waals surface area contributed by atoms with Crippen LogP contribution in [-0.2, 0) is 19.9 Å². The highest BCUT2D eigenvalue weighted by molar-refractivity contribution is 5.87. The van der Waals surface area contributed by atoms with Gasteiger partial charge >= 0.3 is 5.97 Å². The molecule has 2 aromatic carbocycles. The first-order chi connectivity index (χ1) is 16.3. The minimum absolute atomic E-state index is 0.279. The van der Waals surface area contributed by atoms with Crippen LogP contribution in [0.3, 0.4) is 0 Å². The van der Waals surface area contributed by atoms with Gasteiger partial charge < -0.3 is 24.7 Å². The molecule has 1 atom stereocenters. The molecule has 6 rings (SSSR count). The monoisotopic (exact) mass is 465 g/mol. The van der Waals surface area contributed by atoms with Gasteiger partial charge in [-0.15, -0.1) is 0 Å². The third-order valence-electron chi connectivity index (χ3n) is 8.00. The number of piperidine rings is 3. The van der Waals surface area contributed by atoms with Crippen LogP contribution in [0, 0.1) is 5.92 Å². The fraction of sp³-hybridized carbons (Fsp3) is 0.481. The van der Waals surface area contributed by atoms with Crippen molar-refractivity contribution in [3.8, 4) is 0 Å². The summed E-state index contributed by atoms with van der Waals surface area (Å²) >= 11 is 0. The molecule has 3 heterocycles. The Hall–Kier alpha value is -2.74. The van der Waals surface area contributed by atoms with E-state index in [1.807, 2.05) is 12.1 Å². The van der Waals surface area contributed by atoms with E-state index >= 15 is 0 Å². The van der Waals surface area contributed by atoms with Crippen molar-refractivity contribution in [3.63, 3.8) is 0 Å². The third-order valence-corrected chi connectivity index (χ3v) is 8.00. The number of fused-ring (bicyclic) bond motifs is 3. The number of quaternary nitrogens is 1. The quantitative estimate of drug-likeness (QED) is 0.408. The van der Waals surface area contributed by atoms with E-state index in [2.05, 4.69) is 5.32 Å². The first kappa shape index (κ1) is 23.0. The molecule has 7 nitrogen and oxygen atoms in total. The van der Waals surface area contributed by atoms with Crippen LogP contribution < -0.4 is 5.32 Å². The maximum atomic E-state index is 13.6. The highest BCUT2D eigenvalue weighted by Gasteiger charge is 2.51. The number of hydrogen-bond acceptors (Lipinski definition) is 5. The number of aliphatic hydroxyl groups is 2. The summed E-state index contributed by atoms with van der Waals surface area (Å²) in [5.41, 5.74) is -2.08. The van der Waals surface area contributed by atoms with Crippen LogP contribution in [-0.4, -0.2) is 71.0 Å². The zero-order valence-electron chi connectivity index (χ0n) is 19.4. The first-order valence-corrected chi connectivity index (χ1v) is 12.3. The van der Waals surface area contributed by atoms with Gasteiger partial charge in [0.05, 0.1) is 26.2 Å². The normalized spacial score (nSPS) is 27.1. The fourth-order valence-electron chi connectivity index (χ4n) is 5.57. The minimum Gasteiger partial charge on any atom is -0.453 e. The molecular formula is C27H33N2O5+. The Morgan fingerprint density at radius 1 is 1.00 bits per heavy atom. The van der Waals surface area contributed by atoms with Gasteiger partial charge in [-0.25, -0.2) is 4.79 Å². The molecule has 0 spiro atoms. The van der Waals surface area contributed by atoms with E-state index in [4.69, 9.17) is 4.74 Å². The highest BCUT2D eigenvalue weighted by atomic mass is 16.6. The van der Waals surface area contributed by atoms with Gasteiger partial charge in [0, 0.05) is 18.8 Å². The number of ether oxygens (including phenoxy) is 1. The largest absolute Gasteiger partial charge is 0.453 e. The lowest BCUT2D eigenvalue weighted by atomic mass is 9.82. The summed E-state index contributed by atoms with van der Waals surface area (Å²) in [7, 11) is 0. The number of esters is 1. The van der Waals surface area contributed by atoms with Crippen molar-refractivity contribution in [2.45, 2.75) is 43.0 Å². The number of benzene rings is 2. The Balaban J connectivity index is 1.30. The molecule has 3 N–H and O–H groups in total. The maximum absolute atomic E-state index is 13.6. The van der Waals surface area contributed by atoms with Crippen molar-refractivity contribution in [2.24, 2.45) is 5.92 Å². The van der Waals surface area contributed by atoms with E-state index in [9.17, 15) is 19.8 Å². The zero-order valence-corrected chi connectivity index (χ0v) is 19.4. The van der Waals surface area contributed by atoms with Crippen molar-refractivity contribution in [1.29, 1.82) is 0 Å². The molecule has 0 radical (unpaired) electrons. The Morgan fingerprint density at radius 2 is 1.56 bits per heavy atom. The molecule has 34 heavy (non-hydrogen) atoms. The minimum atomic E-state index is -1.88. The van der Waals surface area contributed by atoms with Crippen molar-refractivity contribution in [3.05, 3.63) is 71.8 Å². The number of nitrogens with zero attached hydrogens (tertiary/aromatic N) is 1. The maximum Gasteiger partial charge on any atom is 0.348 e. The number of nitrogens with one attached hydrogen (secondary N) is 1. The van der Waals surface area contributed by atoms with Crippen LogP contribution in [0.15, 0.2) is 60.7 Å². The van der Waals surface area contributed by atoms with E-state index in [1.54, 1.807) is 48.5 Å². The second kappa shape index (κ2) is 8.80. The molecular weight excluding hydrogens is 432 g/mol. The lowest BCUT2D eigenvalue weighted by molar-refractivity contribution is -0.945. The summed E-state index contributed by atoms with van der Waals surface area (Å²) in [5, 5.41) is 24.6. The number of carbonyl (C=O) groups is 2. The standard InChI is InChI=1S/C27H32N2O5/c30-24(26(32)13-14-26)28-15-18-29-16-11-20(12-17-29)23(19-29)34-25(31)27(33,21-7-3-1-4-8-21)22-9-5-2-6-10-22/h1-10,20,23,32-33H,11-19H2/p+1/t20?,23-,29?/m0/s1. The smallest absolute Gasteiger partial charge is 0.348 e. The van der Waals surface area contributed by atoms with Crippen molar-refractivity contribution >= 4 is 11.9 Å². The molecule has 1 saturated carbocycles. The van der Waals surface area contributed by atoms with Crippen LogP contribution in [0.2, 0.25) is 0 Å². The summed E-state index contributed by atoms with van der Waals surface area (Å²) in [6.07, 6.45) is 2.68. The van der Waals surface area contributed by atoms with Crippen molar-refractivity contribution in [1.82, 2.24) is 5.32 Å². The zero-order chi connectivity index (χ0) is 23.8. The fourth-order valence-corrected chi connectivity index (χ4v) is 5.57. The molecule has 1 aliphatic carbocycles. The summed E-state index contributed by atoms with van der Waals surface area (Å²) < 4.78 is 6.86. The lowest BCUT2D eigenvalue weighted by Gasteiger charge is -2.52. The van der Waals surface area contributed by atoms with Gasteiger partial charge in [-0.2, -0.15) is 0 Å². The van der Waals surface area contributed by atoms with E-state index in [-0.39, 0.29) is 17.9 Å². The van der Waals surface area contributed by atoms with Gasteiger partial charge in [0.2, 0.25) is 5.60 Å². The molecule has 3 aliphatic heterocycles. The molecule has 4 aliphatic rings. The number of amides is 1. The Kier molecular flexibility index (Phi) is 5.96. The third kappa shape index (κ3) is 4.24. The number of carbonyl (C=O) groups excluding carboxylic acids is 2. The number of hydrogen-bond donors (Lipinski definition) is 3. The second-order valence-electron chi connectivity index (χ2n) is 10.2. The number of rotatable bonds is 8. The summed E-state index contributed by atoms with van der Waals surface area (Å²) in [6, 6.07) is 17.9. The molecule has 0 unspecified atom stereocenters. The van der Waals surface area contributed by atoms with Crippen LogP contribution in [0.25, 0.3) is 0 Å². The molecule has 7 heteroatoms. The molecule has 3 saturated heterocycles. The Labute approximate surface area is 199 Å². The SMILES string of the molecule is O=C(NCC[N+]12CCC(CC1)[C@@H](OC(=O)C(O)(c1ccccc1)c1ccccc1)C2)C1(O)CC1. The van der Waals surface area contributed by atoms with Gasteiger partial charge in [0.15, 0.2) is 6.10 Å². The molecule has 2 aromatic rings. The summed E-state index contributed by atoms with van der Waals surface area (Å²) in [6.45, 7) is 3.88. The van der Waals surface area contributed by atoms with E-state index in [1.165, 1.54) is 0 Å². The van der Waals surface area contributed by atoms with Gasteiger partial charge in [0.1, 0.15) is 12.1 Å². The summed E-state index contributed by atoms with van der Waals surface area (Å²) in [5.74, 6) is -0.649. The first-order valence-electron chi connectivity index (χ1n) is 12.3. The topological polar surface area (TPSA) is 95.9 Å². The van der Waals surface area contributed by atoms with Gasteiger partial charge in [0.25, 0.3) is 5.91 Å². The second-order valence-corrected chi connectivity index (χ2v) is 10.2. The van der Waals surface area contributed by atoms with Crippen LogP contribution in [0.5, 0.6) is 0 Å². The van der Waals surface area contributed by atoms with E-state index in [0.717, 1.165) is 37.0 Å². The molecule has 1 amide bonds. The van der Waals surface area contributed by atoms with Gasteiger partial charge in [-0.3, -0.25) is 4.79 Å². The van der Waals surface area contributed by atoms with Crippen LogP contribution >= 0.6 is 0 Å². The summed E-state index contributed by atoms with van der Waals surface area (Å²) in [4.78, 5) is 25.7. The molecule has 180 valence electrons. The average molecular weight is 466 g/mol. The van der Waals surface area contributed by atoms with Gasteiger partial charge in [-0.1, -0.05) is 60.7 Å².